The molecule has 0 saturated carbocycles. The molecule has 4 heteroatoms. The third-order valence-corrected chi connectivity index (χ3v) is 6.77. The van der Waals surface area contributed by atoms with Gasteiger partial charge in [0, 0.05) is 6.54 Å². The van der Waals surface area contributed by atoms with Crippen LogP contribution in [0.3, 0.4) is 0 Å². The van der Waals surface area contributed by atoms with Crippen LogP contribution in [0.5, 0.6) is 0 Å². The van der Waals surface area contributed by atoms with Gasteiger partial charge in [0.15, 0.2) is 0 Å². The van der Waals surface area contributed by atoms with Gasteiger partial charge in [0.2, 0.25) is 0 Å². The smallest absolute Gasteiger partial charge is 0.261 e. The molecule has 2 aliphatic rings. The van der Waals surface area contributed by atoms with E-state index in [1.165, 1.54) is 49.6 Å². The number of carbonyl (C=O) groups excluding carboxylic acids is 2. The van der Waals surface area contributed by atoms with Crippen LogP contribution in [0.2, 0.25) is 0 Å². The molecule has 1 aromatic carbocycles. The minimum atomic E-state index is -0.109. The molecule has 2 unspecified atom stereocenters. The first-order chi connectivity index (χ1) is 11.3. The fraction of sp³-hybridized carbons (Fsp3) is 0.579. The zero-order valence-electron chi connectivity index (χ0n) is 13.7. The van der Waals surface area contributed by atoms with E-state index in [9.17, 15) is 9.59 Å². The highest BCUT2D eigenvalue weighted by atomic mass is 31.1. The zero-order valence-corrected chi connectivity index (χ0v) is 14.7. The molecule has 23 heavy (non-hydrogen) atoms. The minimum absolute atomic E-state index is 0.109. The van der Waals surface area contributed by atoms with Crippen LogP contribution in [0.25, 0.3) is 0 Å². The van der Waals surface area contributed by atoms with Gasteiger partial charge in [-0.2, -0.15) is 0 Å². The molecule has 2 atom stereocenters. The molecule has 0 spiro atoms. The van der Waals surface area contributed by atoms with Crippen molar-refractivity contribution >= 4 is 20.4 Å². The summed E-state index contributed by atoms with van der Waals surface area (Å²) in [4.78, 5) is 26.1. The van der Waals surface area contributed by atoms with Crippen LogP contribution < -0.4 is 0 Å². The molecule has 0 aliphatic carbocycles. The SMILES string of the molecule is O=C1c2ccccc2C(=O)N1CCCC1CCCCCCCP1. The molecular formula is C19H26NO2P. The maximum absolute atomic E-state index is 12.3. The summed E-state index contributed by atoms with van der Waals surface area (Å²) in [5.41, 5.74) is 1.95. The molecule has 0 radical (unpaired) electrons. The van der Waals surface area contributed by atoms with Gasteiger partial charge in [0.05, 0.1) is 11.1 Å². The van der Waals surface area contributed by atoms with Crippen LogP contribution in [0.4, 0.5) is 0 Å². The van der Waals surface area contributed by atoms with Crippen molar-refractivity contribution in [2.24, 2.45) is 0 Å². The van der Waals surface area contributed by atoms with Crippen molar-refractivity contribution in [2.75, 3.05) is 12.7 Å². The van der Waals surface area contributed by atoms with Gasteiger partial charge < -0.3 is 0 Å². The van der Waals surface area contributed by atoms with Crippen molar-refractivity contribution in [2.45, 2.75) is 57.0 Å². The van der Waals surface area contributed by atoms with E-state index < -0.39 is 0 Å². The first kappa shape index (κ1) is 16.6. The van der Waals surface area contributed by atoms with Crippen LogP contribution in [0, 0.1) is 0 Å². The Morgan fingerprint density at radius 1 is 0.957 bits per heavy atom. The molecule has 2 amide bonds. The van der Waals surface area contributed by atoms with Gasteiger partial charge in [-0.1, -0.05) is 37.8 Å². The first-order valence-electron chi connectivity index (χ1n) is 8.96. The summed E-state index contributed by atoms with van der Waals surface area (Å²) < 4.78 is 0. The standard InChI is InChI=1S/C19H26NO2P/c21-18-16-11-5-6-12-17(16)19(22)20(18)13-8-10-15-9-4-2-1-3-7-14-23-15/h5-6,11-12,15,23H,1-4,7-10,13-14H2. The molecule has 1 aromatic rings. The molecule has 124 valence electrons. The van der Waals surface area contributed by atoms with Gasteiger partial charge in [-0.15, -0.1) is 8.58 Å². The Balaban J connectivity index is 1.51. The Kier molecular flexibility index (Phi) is 5.83. The molecule has 3 rings (SSSR count). The maximum Gasteiger partial charge on any atom is 0.261 e. The number of hydrogen-bond donors (Lipinski definition) is 0. The molecule has 2 aliphatic heterocycles. The summed E-state index contributed by atoms with van der Waals surface area (Å²) in [5, 5.41) is 0. The van der Waals surface area contributed by atoms with Crippen molar-refractivity contribution in [3.8, 4) is 0 Å². The van der Waals surface area contributed by atoms with E-state index in [0.717, 1.165) is 27.1 Å². The third-order valence-electron chi connectivity index (χ3n) is 4.97. The van der Waals surface area contributed by atoms with Gasteiger partial charge in [0.25, 0.3) is 11.8 Å². The number of rotatable bonds is 4. The molecule has 1 fully saturated rings. The van der Waals surface area contributed by atoms with E-state index >= 15 is 0 Å². The lowest BCUT2D eigenvalue weighted by Gasteiger charge is -2.18. The predicted molar refractivity (Wildman–Crippen MR) is 95.7 cm³/mol. The molecule has 0 N–H and O–H groups in total. The van der Waals surface area contributed by atoms with Crippen molar-refractivity contribution in [3.05, 3.63) is 35.4 Å². The van der Waals surface area contributed by atoms with E-state index in [-0.39, 0.29) is 11.8 Å². The minimum Gasteiger partial charge on any atom is -0.274 e. The maximum atomic E-state index is 12.3. The summed E-state index contributed by atoms with van der Waals surface area (Å²) in [6.07, 6.45) is 11.7. The number of carbonyl (C=O) groups is 2. The molecular weight excluding hydrogens is 305 g/mol. The quantitative estimate of drug-likeness (QED) is 0.603. The lowest BCUT2D eigenvalue weighted by Crippen LogP contribution is -2.31. The molecule has 0 bridgehead atoms. The van der Waals surface area contributed by atoms with Gasteiger partial charge in [0.1, 0.15) is 0 Å². The van der Waals surface area contributed by atoms with E-state index in [2.05, 4.69) is 0 Å². The molecule has 0 aromatic heterocycles. The highest BCUT2D eigenvalue weighted by Crippen LogP contribution is 2.32. The lowest BCUT2D eigenvalue weighted by atomic mass is 10.1. The predicted octanol–water partition coefficient (Wildman–Crippen LogP) is 4.46. The second kappa shape index (κ2) is 8.06. The van der Waals surface area contributed by atoms with Gasteiger partial charge >= 0.3 is 0 Å². The highest BCUT2D eigenvalue weighted by molar-refractivity contribution is 7.38. The second-order valence-corrected chi connectivity index (χ2v) is 8.38. The van der Waals surface area contributed by atoms with Gasteiger partial charge in [-0.3, -0.25) is 14.5 Å². The van der Waals surface area contributed by atoms with Gasteiger partial charge in [-0.25, -0.2) is 0 Å². The Labute approximate surface area is 140 Å². The van der Waals surface area contributed by atoms with Crippen LogP contribution >= 0.6 is 8.58 Å². The number of imide groups is 1. The number of amides is 2. The summed E-state index contributed by atoms with van der Waals surface area (Å²) in [7, 11) is 1.06. The zero-order chi connectivity index (χ0) is 16.1. The van der Waals surface area contributed by atoms with E-state index in [1.54, 1.807) is 12.1 Å². The summed E-state index contributed by atoms with van der Waals surface area (Å²) in [6, 6.07) is 7.17. The van der Waals surface area contributed by atoms with Crippen molar-refractivity contribution < 1.29 is 9.59 Å². The van der Waals surface area contributed by atoms with E-state index in [1.807, 2.05) is 12.1 Å². The Morgan fingerprint density at radius 3 is 2.35 bits per heavy atom. The van der Waals surface area contributed by atoms with Crippen LogP contribution in [-0.2, 0) is 0 Å². The van der Waals surface area contributed by atoms with E-state index in [4.69, 9.17) is 0 Å². The third kappa shape index (κ3) is 4.01. The van der Waals surface area contributed by atoms with Crippen molar-refractivity contribution in [3.63, 3.8) is 0 Å². The number of benzene rings is 1. The summed E-state index contributed by atoms with van der Waals surface area (Å²) >= 11 is 0. The Bertz CT molecular complexity index is 527. The average Bonchev–Trinajstić information content (AvgIpc) is 2.89. The van der Waals surface area contributed by atoms with E-state index in [0.29, 0.717) is 17.7 Å². The number of hydrogen-bond acceptors (Lipinski definition) is 2. The van der Waals surface area contributed by atoms with Crippen LogP contribution in [0.15, 0.2) is 24.3 Å². The topological polar surface area (TPSA) is 37.4 Å². The molecule has 3 nitrogen and oxygen atoms in total. The Morgan fingerprint density at radius 2 is 1.61 bits per heavy atom. The highest BCUT2D eigenvalue weighted by Gasteiger charge is 2.34. The Hall–Kier alpha value is -1.21. The number of fused-ring (bicyclic) bond motifs is 1. The number of nitrogens with zero attached hydrogens (tertiary/aromatic N) is 1. The monoisotopic (exact) mass is 331 g/mol. The molecule has 2 heterocycles. The summed E-state index contributed by atoms with van der Waals surface area (Å²) in [5.74, 6) is -0.218. The van der Waals surface area contributed by atoms with Gasteiger partial charge in [-0.05, 0) is 49.6 Å². The fourth-order valence-corrected chi connectivity index (χ4v) is 5.32. The average molecular weight is 331 g/mol. The van der Waals surface area contributed by atoms with Crippen molar-refractivity contribution in [1.82, 2.24) is 4.90 Å². The van der Waals surface area contributed by atoms with Crippen LogP contribution in [0.1, 0.15) is 72.1 Å². The molecule has 1 saturated heterocycles. The fourth-order valence-electron chi connectivity index (χ4n) is 3.64. The van der Waals surface area contributed by atoms with Crippen LogP contribution in [-0.4, -0.2) is 35.1 Å². The largest absolute Gasteiger partial charge is 0.274 e. The second-order valence-electron chi connectivity index (χ2n) is 6.66. The van der Waals surface area contributed by atoms with Crippen molar-refractivity contribution in [1.29, 1.82) is 0 Å². The normalized spacial score (nSPS) is 23.5. The first-order valence-corrected chi connectivity index (χ1v) is 10.2. The lowest BCUT2D eigenvalue weighted by molar-refractivity contribution is 0.0651. The summed E-state index contributed by atoms with van der Waals surface area (Å²) in [6.45, 7) is 0.577.